The number of amides is 2. The second-order valence-electron chi connectivity index (χ2n) is 10.1. The number of ether oxygens (including phenoxy) is 2. The van der Waals surface area contributed by atoms with Gasteiger partial charge >= 0.3 is 0 Å². The summed E-state index contributed by atoms with van der Waals surface area (Å²) in [6, 6.07) is 9.86. The molecule has 0 aromatic heterocycles. The van der Waals surface area contributed by atoms with E-state index in [0.717, 1.165) is 31.2 Å². The van der Waals surface area contributed by atoms with Crippen molar-refractivity contribution in [3.05, 3.63) is 70.8 Å². The molecule has 0 bridgehead atoms. The Morgan fingerprint density at radius 1 is 1.21 bits per heavy atom. The third kappa shape index (κ3) is 8.01. The van der Waals surface area contributed by atoms with Crippen LogP contribution in [0.1, 0.15) is 58.4 Å². The second kappa shape index (κ2) is 14.4. The van der Waals surface area contributed by atoms with Crippen LogP contribution in [0.2, 0.25) is 0 Å². The van der Waals surface area contributed by atoms with E-state index in [9.17, 15) is 9.59 Å². The zero-order valence-electron chi connectivity index (χ0n) is 23.3. The van der Waals surface area contributed by atoms with Crippen LogP contribution in [0.5, 0.6) is 0 Å². The van der Waals surface area contributed by atoms with Crippen LogP contribution in [0.4, 0.5) is 0 Å². The lowest BCUT2D eigenvalue weighted by molar-refractivity contribution is -0.132. The number of hydrogen-bond acceptors (Lipinski definition) is 6. The number of carbonyl (C=O) groups excluding carboxylic acids is 2. The number of nitrogens with one attached hydrogen (secondary N) is 2. The van der Waals surface area contributed by atoms with Gasteiger partial charge in [0.15, 0.2) is 4.87 Å². The average molecular weight is 559 g/mol. The van der Waals surface area contributed by atoms with Gasteiger partial charge in [0, 0.05) is 20.8 Å². The fourth-order valence-corrected chi connectivity index (χ4v) is 8.54. The molecule has 2 aliphatic rings. The molecule has 8 heteroatoms. The van der Waals surface area contributed by atoms with Crippen LogP contribution in [0, 0.1) is 0 Å². The number of allylic oxidation sites excluding steroid dienone is 5. The van der Waals surface area contributed by atoms with Crippen LogP contribution in [0.15, 0.2) is 65.3 Å². The van der Waals surface area contributed by atoms with Crippen molar-refractivity contribution >= 4 is 35.3 Å². The molecule has 1 aliphatic carbocycles. The van der Waals surface area contributed by atoms with Crippen molar-refractivity contribution < 1.29 is 19.1 Å². The zero-order valence-corrected chi connectivity index (χ0v) is 24.9. The molecule has 0 saturated carbocycles. The van der Waals surface area contributed by atoms with Crippen LogP contribution in [0.3, 0.4) is 0 Å². The summed E-state index contributed by atoms with van der Waals surface area (Å²) in [5, 5.41) is 5.96. The molecule has 6 nitrogen and oxygen atoms in total. The van der Waals surface area contributed by atoms with E-state index in [1.807, 2.05) is 44.2 Å². The number of hydrogen-bond donors (Lipinski definition) is 2. The first kappa shape index (κ1) is 30.5. The Hall–Kier alpha value is -2.00. The van der Waals surface area contributed by atoms with Gasteiger partial charge in [-0.15, -0.1) is 23.5 Å². The fourth-order valence-electron chi connectivity index (χ4n) is 4.63. The van der Waals surface area contributed by atoms with Crippen LogP contribution in [-0.4, -0.2) is 53.4 Å². The van der Waals surface area contributed by atoms with Crippen molar-refractivity contribution in [2.24, 2.45) is 0 Å². The second-order valence-corrected chi connectivity index (χ2v) is 13.4. The van der Waals surface area contributed by atoms with Crippen molar-refractivity contribution in [2.45, 2.75) is 73.7 Å². The van der Waals surface area contributed by atoms with Crippen LogP contribution in [-0.2, 0) is 25.7 Å². The largest absolute Gasteiger partial charge is 0.385 e. The lowest BCUT2D eigenvalue weighted by Crippen LogP contribution is -2.61. The minimum atomic E-state index is -1.26. The smallest absolute Gasteiger partial charge is 0.258 e. The van der Waals surface area contributed by atoms with Gasteiger partial charge in [-0.2, -0.15) is 0 Å². The van der Waals surface area contributed by atoms with E-state index in [-0.39, 0.29) is 23.0 Å². The molecule has 1 aliphatic heterocycles. The minimum Gasteiger partial charge on any atom is -0.385 e. The Kier molecular flexibility index (Phi) is 11.6. The quantitative estimate of drug-likeness (QED) is 0.251. The number of likely N-dealkylation sites (N-methyl/N-ethyl adjacent to an activating group) is 1. The summed E-state index contributed by atoms with van der Waals surface area (Å²) in [6.45, 7) is 7.26. The standard InChI is InChI=1S/C30H42N2O4S2/c1-6-25(13-10-18-35-5)26-37-29(3,19-23-16-14-22(2)15-17-23)27(33)32-30(38-26,28(34)31-4)21-36-20-24-11-8-7-9-12-24/h6-9,11-12,14,16,26H,10,13,15,17-21H2,1-5H3,(H,31,34)(H,32,33). The highest BCUT2D eigenvalue weighted by molar-refractivity contribution is 8.19. The molecule has 0 radical (unpaired) electrons. The van der Waals surface area contributed by atoms with Crippen LogP contribution < -0.4 is 10.6 Å². The fraction of sp³-hybridized carbons (Fsp3) is 0.533. The van der Waals surface area contributed by atoms with Crippen molar-refractivity contribution in [2.75, 3.05) is 27.4 Å². The minimum absolute atomic E-state index is 0.0603. The molecule has 38 heavy (non-hydrogen) atoms. The van der Waals surface area contributed by atoms with Gasteiger partial charge in [0.25, 0.3) is 5.91 Å². The van der Waals surface area contributed by atoms with E-state index in [0.29, 0.717) is 19.6 Å². The Bertz CT molecular complexity index is 1060. The maximum absolute atomic E-state index is 14.0. The maximum atomic E-state index is 14.0. The topological polar surface area (TPSA) is 76.7 Å². The molecule has 1 aromatic carbocycles. The summed E-state index contributed by atoms with van der Waals surface area (Å²) in [4.78, 5) is 26.2. The highest BCUT2D eigenvalue weighted by atomic mass is 32.2. The van der Waals surface area contributed by atoms with Gasteiger partial charge in [-0.05, 0) is 58.4 Å². The summed E-state index contributed by atoms with van der Waals surface area (Å²) < 4.78 is 10.6. The van der Waals surface area contributed by atoms with E-state index in [1.165, 1.54) is 28.5 Å². The summed E-state index contributed by atoms with van der Waals surface area (Å²) in [7, 11) is 3.32. The number of carbonyl (C=O) groups is 2. The van der Waals surface area contributed by atoms with Gasteiger partial charge in [-0.3, -0.25) is 9.59 Å². The van der Waals surface area contributed by atoms with Gasteiger partial charge in [0.05, 0.1) is 22.5 Å². The Morgan fingerprint density at radius 2 is 1.97 bits per heavy atom. The number of rotatable bonds is 12. The number of thioether (sulfide) groups is 2. The molecule has 3 atom stereocenters. The molecule has 3 rings (SSSR count). The van der Waals surface area contributed by atoms with E-state index < -0.39 is 9.62 Å². The first-order valence-corrected chi connectivity index (χ1v) is 15.0. The summed E-state index contributed by atoms with van der Waals surface area (Å²) in [6.07, 6.45) is 10.7. The lowest BCUT2D eigenvalue weighted by atomic mass is 9.91. The zero-order chi connectivity index (χ0) is 27.6. The molecule has 0 spiro atoms. The third-order valence-electron chi connectivity index (χ3n) is 6.98. The van der Waals surface area contributed by atoms with Gasteiger partial charge in [0.2, 0.25) is 5.91 Å². The predicted molar refractivity (Wildman–Crippen MR) is 159 cm³/mol. The molecular formula is C30H42N2O4S2. The van der Waals surface area contributed by atoms with Crippen LogP contribution in [0.25, 0.3) is 0 Å². The van der Waals surface area contributed by atoms with Crippen LogP contribution >= 0.6 is 23.5 Å². The first-order chi connectivity index (χ1) is 18.2. The van der Waals surface area contributed by atoms with Crippen molar-refractivity contribution in [3.63, 3.8) is 0 Å². The van der Waals surface area contributed by atoms with Gasteiger partial charge < -0.3 is 20.1 Å². The Morgan fingerprint density at radius 3 is 2.61 bits per heavy atom. The maximum Gasteiger partial charge on any atom is 0.258 e. The molecule has 1 saturated heterocycles. The molecule has 2 amide bonds. The normalized spacial score (nSPS) is 26.2. The lowest BCUT2D eigenvalue weighted by Gasteiger charge is -2.33. The average Bonchev–Trinajstić information content (AvgIpc) is 3.02. The predicted octanol–water partition coefficient (Wildman–Crippen LogP) is 5.76. The van der Waals surface area contributed by atoms with E-state index in [4.69, 9.17) is 9.47 Å². The monoisotopic (exact) mass is 558 g/mol. The molecule has 1 aromatic rings. The number of benzene rings is 1. The molecule has 3 unspecified atom stereocenters. The summed E-state index contributed by atoms with van der Waals surface area (Å²) in [5.41, 5.74) is 4.83. The van der Waals surface area contributed by atoms with E-state index in [1.54, 1.807) is 25.9 Å². The van der Waals surface area contributed by atoms with Gasteiger partial charge in [-0.1, -0.05) is 65.3 Å². The summed E-state index contributed by atoms with van der Waals surface area (Å²) >= 11 is 3.13. The number of methoxy groups -OCH3 is 1. The molecule has 1 heterocycles. The van der Waals surface area contributed by atoms with Gasteiger partial charge in [-0.25, -0.2) is 0 Å². The Balaban J connectivity index is 1.94. The molecule has 1 fully saturated rings. The highest BCUT2D eigenvalue weighted by Gasteiger charge is 2.52. The summed E-state index contributed by atoms with van der Waals surface area (Å²) in [5.74, 6) is -0.398. The van der Waals surface area contributed by atoms with Crippen molar-refractivity contribution in [3.8, 4) is 0 Å². The van der Waals surface area contributed by atoms with Crippen molar-refractivity contribution in [1.29, 1.82) is 0 Å². The van der Waals surface area contributed by atoms with Gasteiger partial charge in [0.1, 0.15) is 0 Å². The molecule has 208 valence electrons. The van der Waals surface area contributed by atoms with Crippen molar-refractivity contribution in [1.82, 2.24) is 10.6 Å². The molecular weight excluding hydrogens is 516 g/mol. The Labute approximate surface area is 236 Å². The van der Waals surface area contributed by atoms with E-state index >= 15 is 0 Å². The highest BCUT2D eigenvalue weighted by Crippen LogP contribution is 2.50. The third-order valence-corrected chi connectivity index (χ3v) is 10.2. The SMILES string of the molecule is CC=C(CCCOC)C1SC(C)(CC2=CC=C(C)CC2)C(=O)NC(COCc2ccccc2)(C(=O)NC)S1. The first-order valence-electron chi connectivity index (χ1n) is 13.3. The molecule has 2 N–H and O–H groups in total. The van der Waals surface area contributed by atoms with E-state index in [2.05, 4.69) is 35.8 Å².